The second-order valence-electron chi connectivity index (χ2n) is 2.00. The second-order valence-corrected chi connectivity index (χ2v) is 2.00. The summed E-state index contributed by atoms with van der Waals surface area (Å²) in [6, 6.07) is 0. The fourth-order valence-electron chi connectivity index (χ4n) is 0.843. The van der Waals surface area contributed by atoms with Crippen LogP contribution in [0.1, 0.15) is 6.42 Å². The lowest BCUT2D eigenvalue weighted by Gasteiger charge is -1.99. The zero-order valence-electron chi connectivity index (χ0n) is 5.76. The van der Waals surface area contributed by atoms with Gasteiger partial charge in [0.2, 0.25) is 0 Å². The van der Waals surface area contributed by atoms with Crippen LogP contribution in [0.5, 0.6) is 0 Å². The molecule has 3 heteroatoms. The number of methoxy groups -OCH3 is 1. The molecule has 0 aromatic heterocycles. The van der Waals surface area contributed by atoms with Gasteiger partial charge < -0.3 is 10.5 Å². The number of hydrogen-bond acceptors (Lipinski definition) is 3. The summed E-state index contributed by atoms with van der Waals surface area (Å²) >= 11 is 0. The number of rotatable bonds is 1. The molecule has 10 heavy (non-hydrogen) atoms. The first-order valence-corrected chi connectivity index (χ1v) is 3.00. The predicted octanol–water partition coefficient (Wildman–Crippen LogP) is 0.332. The first kappa shape index (κ1) is 6.86. The van der Waals surface area contributed by atoms with E-state index in [0.717, 1.165) is 6.42 Å². The molecule has 0 aromatic carbocycles. The quantitative estimate of drug-likeness (QED) is 0.533. The van der Waals surface area contributed by atoms with E-state index in [2.05, 4.69) is 4.74 Å². The van der Waals surface area contributed by atoms with E-state index in [1.54, 1.807) is 12.2 Å². The summed E-state index contributed by atoms with van der Waals surface area (Å²) in [5, 5.41) is 0. The molecule has 1 rings (SSSR count). The number of allylic oxidation sites excluding steroid dienone is 2. The molecule has 0 aliphatic heterocycles. The Hall–Kier alpha value is -1.25. The molecule has 0 unspecified atom stereocenters. The molecule has 1 aliphatic rings. The standard InChI is InChI=1S/C7H9NO2/c1-10-7(9)5-3-2-4-6(5)8/h3-4H,2,8H2,1H3. The zero-order chi connectivity index (χ0) is 7.56. The second kappa shape index (κ2) is 2.56. The van der Waals surface area contributed by atoms with Gasteiger partial charge in [-0.05, 0) is 6.42 Å². The summed E-state index contributed by atoms with van der Waals surface area (Å²) in [6.45, 7) is 0. The van der Waals surface area contributed by atoms with Crippen molar-refractivity contribution >= 4 is 5.97 Å². The van der Waals surface area contributed by atoms with Gasteiger partial charge in [-0.25, -0.2) is 4.79 Å². The Morgan fingerprint density at radius 1 is 1.70 bits per heavy atom. The van der Waals surface area contributed by atoms with E-state index in [1.165, 1.54) is 7.11 Å². The monoisotopic (exact) mass is 139 g/mol. The fourth-order valence-corrected chi connectivity index (χ4v) is 0.843. The molecule has 2 N–H and O–H groups in total. The predicted molar refractivity (Wildman–Crippen MR) is 37.0 cm³/mol. The Bertz CT molecular complexity index is 216. The summed E-state index contributed by atoms with van der Waals surface area (Å²) in [7, 11) is 1.34. The van der Waals surface area contributed by atoms with Crippen LogP contribution in [-0.4, -0.2) is 13.1 Å². The Labute approximate surface area is 59.2 Å². The third kappa shape index (κ3) is 1.03. The number of ether oxygens (including phenoxy) is 1. The van der Waals surface area contributed by atoms with Crippen molar-refractivity contribution in [1.82, 2.24) is 0 Å². The summed E-state index contributed by atoms with van der Waals surface area (Å²) in [4.78, 5) is 10.8. The average molecular weight is 139 g/mol. The lowest BCUT2D eigenvalue weighted by Crippen LogP contribution is -2.09. The van der Waals surface area contributed by atoms with Crippen LogP contribution in [0.25, 0.3) is 0 Å². The van der Waals surface area contributed by atoms with Crippen molar-refractivity contribution in [3.8, 4) is 0 Å². The van der Waals surface area contributed by atoms with Gasteiger partial charge in [0.25, 0.3) is 0 Å². The van der Waals surface area contributed by atoms with E-state index in [9.17, 15) is 4.79 Å². The van der Waals surface area contributed by atoms with Crippen molar-refractivity contribution in [3.63, 3.8) is 0 Å². The van der Waals surface area contributed by atoms with Gasteiger partial charge in [-0.1, -0.05) is 12.2 Å². The Balaban J connectivity index is 2.75. The molecule has 54 valence electrons. The molecular weight excluding hydrogens is 130 g/mol. The highest BCUT2D eigenvalue weighted by Gasteiger charge is 2.14. The first-order chi connectivity index (χ1) is 4.75. The highest BCUT2D eigenvalue weighted by Crippen LogP contribution is 2.14. The van der Waals surface area contributed by atoms with Gasteiger partial charge in [0.05, 0.1) is 12.7 Å². The van der Waals surface area contributed by atoms with Crippen LogP contribution in [0.2, 0.25) is 0 Å². The zero-order valence-corrected chi connectivity index (χ0v) is 5.76. The van der Waals surface area contributed by atoms with Crippen LogP contribution in [0.3, 0.4) is 0 Å². The minimum Gasteiger partial charge on any atom is -0.465 e. The van der Waals surface area contributed by atoms with Gasteiger partial charge >= 0.3 is 5.97 Å². The third-order valence-electron chi connectivity index (χ3n) is 1.38. The van der Waals surface area contributed by atoms with E-state index in [0.29, 0.717) is 11.3 Å². The number of carbonyl (C=O) groups excluding carboxylic acids is 1. The maximum absolute atomic E-state index is 10.8. The largest absolute Gasteiger partial charge is 0.465 e. The van der Waals surface area contributed by atoms with Gasteiger partial charge in [0.15, 0.2) is 0 Å². The maximum atomic E-state index is 10.8. The molecule has 0 atom stereocenters. The smallest absolute Gasteiger partial charge is 0.339 e. The van der Waals surface area contributed by atoms with Crippen LogP contribution in [0, 0.1) is 0 Å². The van der Waals surface area contributed by atoms with Crippen LogP contribution in [-0.2, 0) is 9.53 Å². The maximum Gasteiger partial charge on any atom is 0.339 e. The summed E-state index contributed by atoms with van der Waals surface area (Å²) in [6.07, 6.45) is 4.27. The molecular formula is C7H9NO2. The normalized spacial score (nSPS) is 16.1. The van der Waals surface area contributed by atoms with Gasteiger partial charge in [-0.2, -0.15) is 0 Å². The van der Waals surface area contributed by atoms with Crippen LogP contribution < -0.4 is 5.73 Å². The van der Waals surface area contributed by atoms with Gasteiger partial charge in [-0.15, -0.1) is 0 Å². The number of carbonyl (C=O) groups is 1. The molecule has 0 radical (unpaired) electrons. The van der Waals surface area contributed by atoms with E-state index in [4.69, 9.17) is 5.73 Å². The Kier molecular flexibility index (Phi) is 1.76. The number of esters is 1. The van der Waals surface area contributed by atoms with Gasteiger partial charge in [0, 0.05) is 5.70 Å². The number of hydrogen-bond donors (Lipinski definition) is 1. The molecule has 0 fully saturated rings. The summed E-state index contributed by atoms with van der Waals surface area (Å²) in [5.41, 5.74) is 6.46. The molecule has 3 nitrogen and oxygen atoms in total. The third-order valence-corrected chi connectivity index (χ3v) is 1.38. The van der Waals surface area contributed by atoms with E-state index < -0.39 is 0 Å². The molecule has 0 bridgehead atoms. The first-order valence-electron chi connectivity index (χ1n) is 3.00. The van der Waals surface area contributed by atoms with Crippen LogP contribution in [0.15, 0.2) is 23.4 Å². The topological polar surface area (TPSA) is 52.3 Å². The lowest BCUT2D eigenvalue weighted by atomic mass is 10.2. The minimum absolute atomic E-state index is 0.355. The SMILES string of the molecule is COC(=O)C1=CCC=C1N. The molecule has 0 spiro atoms. The minimum atomic E-state index is -0.355. The van der Waals surface area contributed by atoms with Crippen molar-refractivity contribution < 1.29 is 9.53 Å². The van der Waals surface area contributed by atoms with E-state index >= 15 is 0 Å². The Morgan fingerprint density at radius 3 is 2.80 bits per heavy atom. The molecule has 0 saturated carbocycles. The van der Waals surface area contributed by atoms with Crippen molar-refractivity contribution in [2.75, 3.05) is 7.11 Å². The van der Waals surface area contributed by atoms with Gasteiger partial charge in [-0.3, -0.25) is 0 Å². The summed E-state index contributed by atoms with van der Waals surface area (Å²) in [5.74, 6) is -0.355. The highest BCUT2D eigenvalue weighted by atomic mass is 16.5. The fraction of sp³-hybridized carbons (Fsp3) is 0.286. The molecule has 0 heterocycles. The molecule has 0 aromatic rings. The van der Waals surface area contributed by atoms with Crippen molar-refractivity contribution in [3.05, 3.63) is 23.4 Å². The summed E-state index contributed by atoms with van der Waals surface area (Å²) < 4.78 is 4.48. The van der Waals surface area contributed by atoms with E-state index in [1.807, 2.05) is 0 Å². The van der Waals surface area contributed by atoms with Gasteiger partial charge in [0.1, 0.15) is 0 Å². The molecule has 1 aliphatic carbocycles. The highest BCUT2D eigenvalue weighted by molar-refractivity contribution is 5.93. The van der Waals surface area contributed by atoms with Crippen molar-refractivity contribution in [2.45, 2.75) is 6.42 Å². The Morgan fingerprint density at radius 2 is 2.40 bits per heavy atom. The molecule has 0 amide bonds. The average Bonchev–Trinajstić information content (AvgIpc) is 2.34. The lowest BCUT2D eigenvalue weighted by molar-refractivity contribution is -0.135. The van der Waals surface area contributed by atoms with E-state index in [-0.39, 0.29) is 5.97 Å². The van der Waals surface area contributed by atoms with Crippen LogP contribution in [0.4, 0.5) is 0 Å². The molecule has 0 saturated heterocycles. The van der Waals surface area contributed by atoms with Crippen molar-refractivity contribution in [2.24, 2.45) is 5.73 Å². The van der Waals surface area contributed by atoms with Crippen molar-refractivity contribution in [1.29, 1.82) is 0 Å². The van der Waals surface area contributed by atoms with Crippen LogP contribution >= 0.6 is 0 Å². The number of nitrogens with two attached hydrogens (primary N) is 1.